The van der Waals surface area contributed by atoms with Crippen LogP contribution in [-0.4, -0.2) is 22.9 Å². The van der Waals surface area contributed by atoms with E-state index in [0.717, 1.165) is 32.1 Å². The van der Waals surface area contributed by atoms with Gasteiger partial charge in [0.05, 0.1) is 29.3 Å². The molecular weight excluding hydrogens is 250 g/mol. The SMILES string of the molecule is CCC1(C)CC(O)(C2(C#N)CCCCCCC2)CCO1. The molecule has 0 aromatic carbocycles. The highest BCUT2D eigenvalue weighted by molar-refractivity contribution is 5.14. The van der Waals surface area contributed by atoms with E-state index in [1.807, 2.05) is 0 Å². The van der Waals surface area contributed by atoms with Crippen molar-refractivity contribution in [1.82, 2.24) is 0 Å². The van der Waals surface area contributed by atoms with Gasteiger partial charge in [-0.3, -0.25) is 0 Å². The van der Waals surface area contributed by atoms with Gasteiger partial charge < -0.3 is 9.84 Å². The van der Waals surface area contributed by atoms with Gasteiger partial charge >= 0.3 is 0 Å². The standard InChI is InChI=1S/C17H29NO2/c1-3-15(2)13-17(19,11-12-20-15)16(14-18)9-7-5-4-6-8-10-16/h19H,3-13H2,1-2H3. The van der Waals surface area contributed by atoms with E-state index in [1.54, 1.807) is 0 Å². The summed E-state index contributed by atoms with van der Waals surface area (Å²) in [5.74, 6) is 0. The molecule has 2 unspecified atom stereocenters. The molecule has 1 saturated heterocycles. The van der Waals surface area contributed by atoms with Crippen LogP contribution < -0.4 is 0 Å². The van der Waals surface area contributed by atoms with Gasteiger partial charge in [-0.15, -0.1) is 0 Å². The second-order valence-electron chi connectivity index (χ2n) is 7.07. The van der Waals surface area contributed by atoms with Crippen molar-refractivity contribution in [2.24, 2.45) is 5.41 Å². The van der Waals surface area contributed by atoms with Crippen molar-refractivity contribution in [2.45, 2.75) is 89.3 Å². The summed E-state index contributed by atoms with van der Waals surface area (Å²) in [6.45, 7) is 4.75. The van der Waals surface area contributed by atoms with Crippen molar-refractivity contribution in [3.63, 3.8) is 0 Å². The molecule has 0 spiro atoms. The minimum absolute atomic E-state index is 0.279. The molecule has 0 radical (unpaired) electrons. The summed E-state index contributed by atoms with van der Waals surface area (Å²) in [5.41, 5.74) is -1.71. The van der Waals surface area contributed by atoms with Gasteiger partial charge in [0.15, 0.2) is 0 Å². The highest BCUT2D eigenvalue weighted by Crippen LogP contribution is 2.50. The van der Waals surface area contributed by atoms with E-state index in [1.165, 1.54) is 19.3 Å². The minimum atomic E-state index is -0.873. The van der Waals surface area contributed by atoms with Gasteiger partial charge in [-0.25, -0.2) is 0 Å². The summed E-state index contributed by atoms with van der Waals surface area (Å²) in [7, 11) is 0. The zero-order chi connectivity index (χ0) is 14.7. The van der Waals surface area contributed by atoms with Crippen LogP contribution in [-0.2, 0) is 4.74 Å². The van der Waals surface area contributed by atoms with Gasteiger partial charge in [-0.2, -0.15) is 5.26 Å². The Balaban J connectivity index is 2.25. The Labute approximate surface area is 123 Å². The molecule has 0 aromatic rings. The van der Waals surface area contributed by atoms with E-state index in [-0.39, 0.29) is 5.60 Å². The molecule has 1 saturated carbocycles. The van der Waals surface area contributed by atoms with Crippen LogP contribution >= 0.6 is 0 Å². The quantitative estimate of drug-likeness (QED) is 0.832. The van der Waals surface area contributed by atoms with Crippen LogP contribution in [0.2, 0.25) is 0 Å². The van der Waals surface area contributed by atoms with E-state index in [2.05, 4.69) is 19.9 Å². The largest absolute Gasteiger partial charge is 0.388 e. The monoisotopic (exact) mass is 279 g/mol. The molecule has 1 aliphatic heterocycles. The highest BCUT2D eigenvalue weighted by Gasteiger charge is 2.54. The van der Waals surface area contributed by atoms with Crippen molar-refractivity contribution in [3.8, 4) is 6.07 Å². The fourth-order valence-corrected chi connectivity index (χ4v) is 4.05. The molecule has 1 heterocycles. The lowest BCUT2D eigenvalue weighted by molar-refractivity contribution is -0.193. The Morgan fingerprint density at radius 2 is 1.70 bits per heavy atom. The average Bonchev–Trinajstić information content (AvgIpc) is 2.38. The Morgan fingerprint density at radius 1 is 1.10 bits per heavy atom. The molecule has 2 fully saturated rings. The van der Waals surface area contributed by atoms with E-state index < -0.39 is 11.0 Å². The summed E-state index contributed by atoms with van der Waals surface area (Å²) in [6.07, 6.45) is 9.59. The number of nitriles is 1. The second-order valence-corrected chi connectivity index (χ2v) is 7.07. The molecule has 2 aliphatic rings. The summed E-state index contributed by atoms with van der Waals surface area (Å²) in [6, 6.07) is 2.55. The fraction of sp³-hybridized carbons (Fsp3) is 0.941. The molecule has 1 N–H and O–H groups in total. The van der Waals surface area contributed by atoms with E-state index in [4.69, 9.17) is 4.74 Å². The van der Waals surface area contributed by atoms with Crippen LogP contribution in [0.25, 0.3) is 0 Å². The Kier molecular flexibility index (Phi) is 4.76. The van der Waals surface area contributed by atoms with Crippen LogP contribution in [0.4, 0.5) is 0 Å². The topological polar surface area (TPSA) is 53.2 Å². The molecule has 2 atom stereocenters. The molecule has 0 amide bonds. The first-order valence-electron chi connectivity index (χ1n) is 8.27. The van der Waals surface area contributed by atoms with Crippen molar-refractivity contribution in [2.75, 3.05) is 6.61 Å². The third-order valence-electron chi connectivity index (χ3n) is 5.69. The molecule has 20 heavy (non-hydrogen) atoms. The number of nitrogens with zero attached hydrogens (tertiary/aromatic N) is 1. The lowest BCUT2D eigenvalue weighted by Crippen LogP contribution is -2.56. The molecule has 3 nitrogen and oxygen atoms in total. The predicted molar refractivity (Wildman–Crippen MR) is 79.2 cm³/mol. The third kappa shape index (κ3) is 2.87. The van der Waals surface area contributed by atoms with Crippen LogP contribution in [0, 0.1) is 16.7 Å². The van der Waals surface area contributed by atoms with E-state index >= 15 is 0 Å². The van der Waals surface area contributed by atoms with Crippen LogP contribution in [0.15, 0.2) is 0 Å². The Hall–Kier alpha value is -0.590. The lowest BCUT2D eigenvalue weighted by Gasteiger charge is -2.51. The third-order valence-corrected chi connectivity index (χ3v) is 5.69. The van der Waals surface area contributed by atoms with Gasteiger partial charge in [-0.1, -0.05) is 39.0 Å². The molecule has 0 bridgehead atoms. The summed E-state index contributed by atoms with van der Waals surface area (Å²) < 4.78 is 5.88. The molecular formula is C17H29NO2. The maximum Gasteiger partial charge on any atom is 0.0882 e. The van der Waals surface area contributed by atoms with Crippen LogP contribution in [0.5, 0.6) is 0 Å². The van der Waals surface area contributed by atoms with Gasteiger partial charge in [0.25, 0.3) is 0 Å². The van der Waals surface area contributed by atoms with Gasteiger partial charge in [0, 0.05) is 12.8 Å². The number of hydrogen-bond acceptors (Lipinski definition) is 3. The second kappa shape index (κ2) is 6.03. The molecule has 0 aromatic heterocycles. The maximum absolute atomic E-state index is 11.3. The number of hydrogen-bond donors (Lipinski definition) is 1. The molecule has 1 aliphatic carbocycles. The summed E-state index contributed by atoms with van der Waals surface area (Å²) >= 11 is 0. The Morgan fingerprint density at radius 3 is 2.25 bits per heavy atom. The van der Waals surface area contributed by atoms with Crippen molar-refractivity contribution in [3.05, 3.63) is 0 Å². The van der Waals surface area contributed by atoms with Crippen molar-refractivity contribution >= 4 is 0 Å². The Bertz CT molecular complexity index is 368. The van der Waals surface area contributed by atoms with Gasteiger partial charge in [0.2, 0.25) is 0 Å². The van der Waals surface area contributed by atoms with E-state index in [9.17, 15) is 10.4 Å². The molecule has 3 heteroatoms. The molecule has 114 valence electrons. The van der Waals surface area contributed by atoms with Crippen LogP contribution in [0.1, 0.15) is 78.1 Å². The summed E-state index contributed by atoms with van der Waals surface area (Å²) in [5, 5.41) is 21.2. The number of ether oxygens (including phenoxy) is 1. The highest BCUT2D eigenvalue weighted by atomic mass is 16.5. The first kappa shape index (κ1) is 15.8. The lowest BCUT2D eigenvalue weighted by atomic mass is 9.60. The van der Waals surface area contributed by atoms with Crippen molar-refractivity contribution in [1.29, 1.82) is 5.26 Å². The molecule has 2 rings (SSSR count). The van der Waals surface area contributed by atoms with Gasteiger partial charge in [0.1, 0.15) is 0 Å². The first-order chi connectivity index (χ1) is 9.49. The van der Waals surface area contributed by atoms with Crippen LogP contribution in [0.3, 0.4) is 0 Å². The zero-order valence-corrected chi connectivity index (χ0v) is 13.1. The fourth-order valence-electron chi connectivity index (χ4n) is 4.05. The summed E-state index contributed by atoms with van der Waals surface area (Å²) in [4.78, 5) is 0. The van der Waals surface area contributed by atoms with E-state index in [0.29, 0.717) is 19.4 Å². The smallest absolute Gasteiger partial charge is 0.0882 e. The van der Waals surface area contributed by atoms with Gasteiger partial charge in [-0.05, 0) is 26.2 Å². The maximum atomic E-state index is 11.3. The number of rotatable bonds is 2. The van der Waals surface area contributed by atoms with Crippen molar-refractivity contribution < 1.29 is 9.84 Å². The first-order valence-corrected chi connectivity index (χ1v) is 8.27. The average molecular weight is 279 g/mol. The normalized spacial score (nSPS) is 38.5. The number of aliphatic hydroxyl groups is 1. The predicted octanol–water partition coefficient (Wildman–Crippen LogP) is 3.95. The zero-order valence-electron chi connectivity index (χ0n) is 13.1. The minimum Gasteiger partial charge on any atom is -0.388 e.